The van der Waals surface area contributed by atoms with Gasteiger partial charge >= 0.3 is 0 Å². The van der Waals surface area contributed by atoms with Gasteiger partial charge in [0, 0.05) is 31.2 Å². The fourth-order valence-corrected chi connectivity index (χ4v) is 3.02. The first-order valence-electron chi connectivity index (χ1n) is 6.89. The van der Waals surface area contributed by atoms with Crippen molar-refractivity contribution in [1.29, 1.82) is 0 Å². The van der Waals surface area contributed by atoms with Gasteiger partial charge in [-0.05, 0) is 38.0 Å². The summed E-state index contributed by atoms with van der Waals surface area (Å²) < 4.78 is 0. The number of hydrogen-bond donors (Lipinski definition) is 2. The summed E-state index contributed by atoms with van der Waals surface area (Å²) in [4.78, 5) is 2.55. The summed E-state index contributed by atoms with van der Waals surface area (Å²) in [6.45, 7) is 8.89. The lowest BCUT2D eigenvalue weighted by Gasteiger charge is -2.41. The highest BCUT2D eigenvalue weighted by Crippen LogP contribution is 2.27. The Morgan fingerprint density at radius 3 is 2.28 bits per heavy atom. The van der Waals surface area contributed by atoms with E-state index in [9.17, 15) is 5.11 Å². The Hall–Kier alpha value is -1.06. The van der Waals surface area contributed by atoms with Gasteiger partial charge in [-0.3, -0.25) is 4.90 Å². The molecule has 2 rings (SSSR count). The van der Waals surface area contributed by atoms with Crippen molar-refractivity contribution in [3.05, 3.63) is 29.8 Å². The van der Waals surface area contributed by atoms with Crippen LogP contribution in [0.3, 0.4) is 0 Å². The molecule has 0 amide bonds. The van der Waals surface area contributed by atoms with Crippen LogP contribution in [0.1, 0.15) is 38.8 Å². The summed E-state index contributed by atoms with van der Waals surface area (Å²) in [5.41, 5.74) is 1.30. The zero-order chi connectivity index (χ0) is 13.1. The van der Waals surface area contributed by atoms with E-state index in [0.29, 0.717) is 23.9 Å². The highest BCUT2D eigenvalue weighted by molar-refractivity contribution is 5.28. The molecule has 3 atom stereocenters. The van der Waals surface area contributed by atoms with Gasteiger partial charge in [0.1, 0.15) is 5.75 Å². The smallest absolute Gasteiger partial charge is 0.115 e. The molecule has 2 N–H and O–H groups in total. The lowest BCUT2D eigenvalue weighted by atomic mass is 9.99. The number of rotatable bonds is 3. The van der Waals surface area contributed by atoms with Crippen molar-refractivity contribution in [3.63, 3.8) is 0 Å². The van der Waals surface area contributed by atoms with Gasteiger partial charge in [0.15, 0.2) is 0 Å². The van der Waals surface area contributed by atoms with Crippen LogP contribution in [0, 0.1) is 0 Å². The van der Waals surface area contributed by atoms with Crippen molar-refractivity contribution in [1.82, 2.24) is 10.2 Å². The Balaban J connectivity index is 2.14. The van der Waals surface area contributed by atoms with E-state index in [1.54, 1.807) is 12.1 Å². The van der Waals surface area contributed by atoms with Crippen LogP contribution in [0.2, 0.25) is 0 Å². The Labute approximate surface area is 110 Å². The largest absolute Gasteiger partial charge is 0.508 e. The number of nitrogens with zero attached hydrogens (tertiary/aromatic N) is 1. The van der Waals surface area contributed by atoms with Crippen molar-refractivity contribution < 1.29 is 5.11 Å². The van der Waals surface area contributed by atoms with Gasteiger partial charge in [0.25, 0.3) is 0 Å². The van der Waals surface area contributed by atoms with Crippen LogP contribution in [0.15, 0.2) is 24.3 Å². The van der Waals surface area contributed by atoms with E-state index >= 15 is 0 Å². The van der Waals surface area contributed by atoms with Gasteiger partial charge < -0.3 is 10.4 Å². The summed E-state index contributed by atoms with van der Waals surface area (Å²) in [6.07, 6.45) is 1.10. The summed E-state index contributed by atoms with van der Waals surface area (Å²) in [7, 11) is 0. The molecule has 100 valence electrons. The van der Waals surface area contributed by atoms with E-state index in [-0.39, 0.29) is 0 Å². The Bertz CT molecular complexity index is 367. The normalized spacial score (nSPS) is 27.1. The molecule has 3 heteroatoms. The van der Waals surface area contributed by atoms with Gasteiger partial charge in [0.05, 0.1) is 0 Å². The molecular formula is C15H24N2O. The monoisotopic (exact) mass is 248 g/mol. The van der Waals surface area contributed by atoms with Crippen LogP contribution >= 0.6 is 0 Å². The third-order valence-electron chi connectivity index (χ3n) is 3.69. The molecule has 1 aliphatic rings. The molecule has 1 heterocycles. The van der Waals surface area contributed by atoms with Gasteiger partial charge in [-0.25, -0.2) is 0 Å². The molecule has 0 spiro atoms. The second kappa shape index (κ2) is 5.72. The molecule has 0 aliphatic carbocycles. The first-order valence-corrected chi connectivity index (χ1v) is 6.89. The summed E-state index contributed by atoms with van der Waals surface area (Å²) in [5, 5.41) is 12.9. The predicted molar refractivity (Wildman–Crippen MR) is 74.8 cm³/mol. The lowest BCUT2D eigenvalue weighted by molar-refractivity contribution is 0.119. The van der Waals surface area contributed by atoms with E-state index in [1.807, 2.05) is 12.1 Å². The average Bonchev–Trinajstić information content (AvgIpc) is 2.31. The maximum Gasteiger partial charge on any atom is 0.115 e. The number of phenolic OH excluding ortho intramolecular Hbond substituents is 1. The number of aromatic hydroxyl groups is 1. The van der Waals surface area contributed by atoms with Crippen LogP contribution in [0.25, 0.3) is 0 Å². The number of hydrogen-bond acceptors (Lipinski definition) is 3. The maximum atomic E-state index is 9.38. The van der Waals surface area contributed by atoms with Gasteiger partial charge in [0.2, 0.25) is 0 Å². The Kier molecular flexibility index (Phi) is 4.25. The zero-order valence-corrected chi connectivity index (χ0v) is 11.6. The quantitative estimate of drug-likeness (QED) is 0.863. The van der Waals surface area contributed by atoms with E-state index < -0.39 is 0 Å². The molecule has 1 aliphatic heterocycles. The van der Waals surface area contributed by atoms with E-state index in [4.69, 9.17) is 0 Å². The molecule has 0 saturated carbocycles. The van der Waals surface area contributed by atoms with Crippen LogP contribution < -0.4 is 5.32 Å². The van der Waals surface area contributed by atoms with Crippen LogP contribution in [0.5, 0.6) is 5.75 Å². The summed E-state index contributed by atoms with van der Waals surface area (Å²) >= 11 is 0. The molecule has 1 aromatic rings. The first-order chi connectivity index (χ1) is 8.60. The van der Waals surface area contributed by atoms with Crippen molar-refractivity contribution >= 4 is 0 Å². The average molecular weight is 248 g/mol. The fourth-order valence-electron chi connectivity index (χ4n) is 3.02. The molecule has 1 saturated heterocycles. The SMILES string of the molecule is CCC(c1ccc(O)cc1)N1CC(C)NC(C)C1. The van der Waals surface area contributed by atoms with E-state index in [1.165, 1.54) is 5.56 Å². The minimum atomic E-state index is 0.343. The number of phenols is 1. The minimum Gasteiger partial charge on any atom is -0.508 e. The van der Waals surface area contributed by atoms with Crippen LogP contribution in [-0.4, -0.2) is 35.2 Å². The van der Waals surface area contributed by atoms with Gasteiger partial charge in [-0.2, -0.15) is 0 Å². The van der Waals surface area contributed by atoms with Crippen LogP contribution in [0.4, 0.5) is 0 Å². The number of benzene rings is 1. The van der Waals surface area contributed by atoms with Gasteiger partial charge in [-0.15, -0.1) is 0 Å². The van der Waals surface area contributed by atoms with Crippen molar-refractivity contribution in [2.24, 2.45) is 0 Å². The third kappa shape index (κ3) is 3.03. The maximum absolute atomic E-state index is 9.38. The second-order valence-electron chi connectivity index (χ2n) is 5.44. The molecule has 1 aromatic carbocycles. The Morgan fingerprint density at radius 1 is 1.22 bits per heavy atom. The number of piperazine rings is 1. The number of nitrogens with one attached hydrogen (secondary N) is 1. The Morgan fingerprint density at radius 2 is 1.78 bits per heavy atom. The zero-order valence-electron chi connectivity index (χ0n) is 11.6. The molecular weight excluding hydrogens is 224 g/mol. The third-order valence-corrected chi connectivity index (χ3v) is 3.69. The molecule has 3 unspecified atom stereocenters. The highest BCUT2D eigenvalue weighted by Gasteiger charge is 2.26. The van der Waals surface area contributed by atoms with E-state index in [0.717, 1.165) is 19.5 Å². The first kappa shape index (κ1) is 13.4. The molecule has 0 bridgehead atoms. The molecule has 0 aromatic heterocycles. The summed E-state index contributed by atoms with van der Waals surface area (Å²) in [5.74, 6) is 0.343. The van der Waals surface area contributed by atoms with Crippen LogP contribution in [-0.2, 0) is 0 Å². The standard InChI is InChI=1S/C15H24N2O/c1-4-15(13-5-7-14(18)8-6-13)17-9-11(2)16-12(3)10-17/h5-8,11-12,15-16,18H,4,9-10H2,1-3H3. The van der Waals surface area contributed by atoms with E-state index in [2.05, 4.69) is 31.0 Å². The molecule has 3 nitrogen and oxygen atoms in total. The second-order valence-corrected chi connectivity index (χ2v) is 5.44. The van der Waals surface area contributed by atoms with Crippen molar-refractivity contribution in [2.75, 3.05) is 13.1 Å². The molecule has 18 heavy (non-hydrogen) atoms. The molecule has 0 radical (unpaired) electrons. The summed E-state index contributed by atoms with van der Waals surface area (Å²) in [6, 6.07) is 9.19. The van der Waals surface area contributed by atoms with Crippen molar-refractivity contribution in [2.45, 2.75) is 45.3 Å². The lowest BCUT2D eigenvalue weighted by Crippen LogP contribution is -2.54. The minimum absolute atomic E-state index is 0.343. The fraction of sp³-hybridized carbons (Fsp3) is 0.600. The predicted octanol–water partition coefficient (Wildman–Crippen LogP) is 2.53. The van der Waals surface area contributed by atoms with Gasteiger partial charge in [-0.1, -0.05) is 19.1 Å². The van der Waals surface area contributed by atoms with Crippen molar-refractivity contribution in [3.8, 4) is 5.75 Å². The topological polar surface area (TPSA) is 35.5 Å². The molecule has 1 fully saturated rings. The highest BCUT2D eigenvalue weighted by atomic mass is 16.3.